The molecule has 0 bridgehead atoms. The van der Waals surface area contributed by atoms with Gasteiger partial charge >= 0.3 is 5.97 Å². The van der Waals surface area contributed by atoms with Crippen LogP contribution in [0.5, 0.6) is 0 Å². The lowest BCUT2D eigenvalue weighted by Gasteiger charge is -2.25. The highest BCUT2D eigenvalue weighted by Gasteiger charge is 2.45. The predicted molar refractivity (Wildman–Crippen MR) is 66.6 cm³/mol. The number of hydrogen-bond donors (Lipinski definition) is 1. The first-order valence-electron chi connectivity index (χ1n) is 5.67. The molecule has 0 saturated heterocycles. The molecule has 0 spiro atoms. The topological polar surface area (TPSA) is 37.3 Å². The average Bonchev–Trinajstić information content (AvgIpc) is 2.73. The summed E-state index contributed by atoms with van der Waals surface area (Å²) in [5.74, 6) is -1.29. The molecule has 1 aliphatic carbocycles. The molecule has 0 unspecified atom stereocenters. The molecule has 0 radical (unpaired) electrons. The third kappa shape index (κ3) is 1.99. The fraction of sp³-hybridized carbons (Fsp3) is 0.462. The van der Waals surface area contributed by atoms with Gasteiger partial charge in [-0.2, -0.15) is 0 Å². The summed E-state index contributed by atoms with van der Waals surface area (Å²) in [6.45, 7) is 1.66. The fourth-order valence-electron chi connectivity index (χ4n) is 2.65. The molecule has 0 amide bonds. The van der Waals surface area contributed by atoms with E-state index in [1.165, 1.54) is 0 Å². The van der Waals surface area contributed by atoms with Crippen LogP contribution in [-0.4, -0.2) is 11.1 Å². The van der Waals surface area contributed by atoms with Crippen molar-refractivity contribution in [2.75, 3.05) is 0 Å². The third-order valence-electron chi connectivity index (χ3n) is 3.60. The van der Waals surface area contributed by atoms with E-state index in [4.69, 9.17) is 0 Å². The second-order valence-electron chi connectivity index (χ2n) is 4.68. The van der Waals surface area contributed by atoms with Gasteiger partial charge in [-0.3, -0.25) is 4.79 Å². The van der Waals surface area contributed by atoms with Gasteiger partial charge in [-0.05, 0) is 37.5 Å². The van der Waals surface area contributed by atoms with Crippen molar-refractivity contribution in [2.24, 2.45) is 0 Å². The Morgan fingerprint density at radius 2 is 2.00 bits per heavy atom. The Kier molecular flexibility index (Phi) is 3.25. The Hall–Kier alpha value is -0.900. The minimum atomic E-state index is -1.03. The second kappa shape index (κ2) is 4.41. The number of benzene rings is 1. The van der Waals surface area contributed by atoms with E-state index in [1.54, 1.807) is 19.1 Å². The number of hydrogen-bond acceptors (Lipinski definition) is 1. The van der Waals surface area contributed by atoms with E-state index in [2.05, 4.69) is 15.9 Å². The van der Waals surface area contributed by atoms with Crippen molar-refractivity contribution in [2.45, 2.75) is 38.0 Å². The minimum absolute atomic E-state index is 0.328. The van der Waals surface area contributed by atoms with E-state index in [9.17, 15) is 14.3 Å². The Bertz CT molecular complexity index is 465. The van der Waals surface area contributed by atoms with Gasteiger partial charge in [0.05, 0.1) is 5.41 Å². The number of halogens is 2. The van der Waals surface area contributed by atoms with E-state index in [1.807, 2.05) is 0 Å². The highest BCUT2D eigenvalue weighted by Crippen LogP contribution is 2.43. The first kappa shape index (κ1) is 12.6. The number of carboxylic acids is 1. The summed E-state index contributed by atoms with van der Waals surface area (Å²) in [6.07, 6.45) is 2.74. The van der Waals surface area contributed by atoms with Crippen LogP contribution >= 0.6 is 15.9 Å². The Morgan fingerprint density at radius 3 is 2.53 bits per heavy atom. The SMILES string of the molecule is Cc1cc(Br)cc(C2(C(=O)O)CCCC2)c1F. The molecular weight excluding hydrogens is 287 g/mol. The van der Waals surface area contributed by atoms with Crippen LogP contribution < -0.4 is 0 Å². The summed E-state index contributed by atoms with van der Waals surface area (Å²) >= 11 is 3.31. The van der Waals surface area contributed by atoms with Gasteiger partial charge in [0.15, 0.2) is 0 Å². The van der Waals surface area contributed by atoms with E-state index in [0.717, 1.165) is 17.3 Å². The maximum absolute atomic E-state index is 14.2. The highest BCUT2D eigenvalue weighted by atomic mass is 79.9. The summed E-state index contributed by atoms with van der Waals surface area (Å²) in [5.41, 5.74) is -0.213. The van der Waals surface area contributed by atoms with Crippen molar-refractivity contribution in [3.8, 4) is 0 Å². The van der Waals surface area contributed by atoms with Crippen molar-refractivity contribution in [1.29, 1.82) is 0 Å². The molecule has 92 valence electrons. The summed E-state index contributed by atoms with van der Waals surface area (Å²) in [6, 6.07) is 3.28. The number of aliphatic carboxylic acids is 1. The van der Waals surface area contributed by atoms with Gasteiger partial charge in [0.1, 0.15) is 5.82 Å². The zero-order valence-electron chi connectivity index (χ0n) is 9.59. The molecule has 17 heavy (non-hydrogen) atoms. The van der Waals surface area contributed by atoms with Crippen LogP contribution in [0.3, 0.4) is 0 Å². The quantitative estimate of drug-likeness (QED) is 0.902. The fourth-order valence-corrected chi connectivity index (χ4v) is 3.22. The lowest BCUT2D eigenvalue weighted by molar-refractivity contribution is -0.143. The maximum atomic E-state index is 14.2. The van der Waals surface area contributed by atoms with Gasteiger partial charge in [0, 0.05) is 10.0 Å². The van der Waals surface area contributed by atoms with Crippen molar-refractivity contribution in [1.82, 2.24) is 0 Å². The van der Waals surface area contributed by atoms with E-state index in [-0.39, 0.29) is 5.82 Å². The van der Waals surface area contributed by atoms with Crippen LogP contribution in [0.15, 0.2) is 16.6 Å². The van der Waals surface area contributed by atoms with Crippen molar-refractivity contribution >= 4 is 21.9 Å². The standard InChI is InChI=1S/C13H14BrFO2/c1-8-6-9(14)7-10(11(8)15)13(12(16)17)4-2-3-5-13/h6-7H,2-5H2,1H3,(H,16,17). The normalized spacial score (nSPS) is 18.3. The molecule has 4 heteroatoms. The maximum Gasteiger partial charge on any atom is 0.314 e. The molecule has 0 atom stereocenters. The molecule has 0 heterocycles. The lowest BCUT2D eigenvalue weighted by atomic mass is 9.78. The van der Waals surface area contributed by atoms with Gasteiger partial charge in [0.2, 0.25) is 0 Å². The molecule has 0 aliphatic heterocycles. The van der Waals surface area contributed by atoms with Gasteiger partial charge in [-0.25, -0.2) is 4.39 Å². The van der Waals surface area contributed by atoms with Crippen molar-refractivity contribution in [3.63, 3.8) is 0 Å². The van der Waals surface area contributed by atoms with E-state index < -0.39 is 11.4 Å². The minimum Gasteiger partial charge on any atom is -0.481 e. The van der Waals surface area contributed by atoms with Crippen LogP contribution in [0.2, 0.25) is 0 Å². The van der Waals surface area contributed by atoms with Gasteiger partial charge < -0.3 is 5.11 Å². The van der Waals surface area contributed by atoms with Crippen molar-refractivity contribution in [3.05, 3.63) is 33.5 Å². The summed E-state index contributed by atoms with van der Waals surface area (Å²) < 4.78 is 14.9. The smallest absolute Gasteiger partial charge is 0.314 e. The first-order chi connectivity index (χ1) is 7.97. The Morgan fingerprint density at radius 1 is 1.41 bits per heavy atom. The predicted octanol–water partition coefficient (Wildman–Crippen LogP) is 3.79. The third-order valence-corrected chi connectivity index (χ3v) is 4.06. The Labute approximate surface area is 108 Å². The van der Waals surface area contributed by atoms with Crippen LogP contribution in [0, 0.1) is 12.7 Å². The van der Waals surface area contributed by atoms with E-state index in [0.29, 0.717) is 24.0 Å². The highest BCUT2D eigenvalue weighted by molar-refractivity contribution is 9.10. The molecule has 1 N–H and O–H groups in total. The zero-order chi connectivity index (χ0) is 12.6. The molecular formula is C13H14BrFO2. The number of aryl methyl sites for hydroxylation is 1. The van der Waals surface area contributed by atoms with Crippen molar-refractivity contribution < 1.29 is 14.3 Å². The zero-order valence-corrected chi connectivity index (χ0v) is 11.2. The number of carboxylic acid groups (broad SMARTS) is 1. The average molecular weight is 301 g/mol. The monoisotopic (exact) mass is 300 g/mol. The summed E-state index contributed by atoms with van der Waals surface area (Å²) in [7, 11) is 0. The van der Waals surface area contributed by atoms with Crippen LogP contribution in [0.4, 0.5) is 4.39 Å². The van der Waals surface area contributed by atoms with Gasteiger partial charge in [-0.15, -0.1) is 0 Å². The number of carbonyl (C=O) groups is 1. The molecule has 2 rings (SSSR count). The molecule has 1 aromatic carbocycles. The molecule has 0 aromatic heterocycles. The Balaban J connectivity index is 2.62. The van der Waals surface area contributed by atoms with Crippen LogP contribution in [-0.2, 0) is 10.2 Å². The van der Waals surface area contributed by atoms with Gasteiger partial charge in [0.25, 0.3) is 0 Å². The first-order valence-corrected chi connectivity index (χ1v) is 6.46. The van der Waals surface area contributed by atoms with Crippen LogP contribution in [0.1, 0.15) is 36.8 Å². The molecule has 1 aliphatic rings. The van der Waals surface area contributed by atoms with Gasteiger partial charge in [-0.1, -0.05) is 28.8 Å². The lowest BCUT2D eigenvalue weighted by Crippen LogP contribution is -2.33. The molecule has 2 nitrogen and oxygen atoms in total. The van der Waals surface area contributed by atoms with Crippen LogP contribution in [0.25, 0.3) is 0 Å². The summed E-state index contributed by atoms with van der Waals surface area (Å²) in [5, 5.41) is 9.44. The largest absolute Gasteiger partial charge is 0.481 e. The second-order valence-corrected chi connectivity index (χ2v) is 5.59. The molecule has 1 aromatic rings. The van der Waals surface area contributed by atoms with E-state index >= 15 is 0 Å². The summed E-state index contributed by atoms with van der Waals surface area (Å²) in [4.78, 5) is 11.5. The molecule has 1 fully saturated rings. The molecule has 1 saturated carbocycles. The number of rotatable bonds is 2.